The molecule has 2 unspecified atom stereocenters. The molecular formula is C13H17ClN2O. The lowest BCUT2D eigenvalue weighted by Gasteiger charge is -2.36. The lowest BCUT2D eigenvalue weighted by molar-refractivity contribution is 0.0674. The zero-order valence-electron chi connectivity index (χ0n) is 10.1. The van der Waals surface area contributed by atoms with Gasteiger partial charge >= 0.3 is 0 Å². The molecule has 1 amide bonds. The van der Waals surface area contributed by atoms with Gasteiger partial charge < -0.3 is 10.2 Å². The van der Waals surface area contributed by atoms with Crippen molar-refractivity contribution in [3.63, 3.8) is 0 Å². The van der Waals surface area contributed by atoms with Crippen LogP contribution in [0.25, 0.3) is 0 Å². The molecule has 0 aliphatic carbocycles. The van der Waals surface area contributed by atoms with Gasteiger partial charge in [-0.05, 0) is 32.0 Å². The Balaban J connectivity index is 2.14. The number of carbonyl (C=O) groups is 1. The van der Waals surface area contributed by atoms with E-state index in [1.165, 1.54) is 0 Å². The van der Waals surface area contributed by atoms with E-state index in [1.807, 2.05) is 17.0 Å². The molecule has 0 saturated carbocycles. The van der Waals surface area contributed by atoms with E-state index in [9.17, 15) is 4.79 Å². The van der Waals surface area contributed by atoms with Crippen molar-refractivity contribution in [3.05, 3.63) is 34.9 Å². The maximum Gasteiger partial charge on any atom is 0.254 e. The summed E-state index contributed by atoms with van der Waals surface area (Å²) in [5, 5.41) is 4.01. The van der Waals surface area contributed by atoms with Gasteiger partial charge in [-0.25, -0.2) is 0 Å². The number of hydrogen-bond donors (Lipinski definition) is 1. The maximum atomic E-state index is 12.3. The second-order valence-corrected chi connectivity index (χ2v) is 5.13. The molecule has 1 aliphatic rings. The van der Waals surface area contributed by atoms with Crippen LogP contribution < -0.4 is 5.32 Å². The SMILES string of the molecule is CC1CN(C(=O)c2cccc(Cl)c2)CC(C)N1. The number of amides is 1. The number of hydrogen-bond acceptors (Lipinski definition) is 2. The maximum absolute atomic E-state index is 12.3. The Morgan fingerprint density at radius 1 is 1.35 bits per heavy atom. The highest BCUT2D eigenvalue weighted by Crippen LogP contribution is 2.14. The summed E-state index contributed by atoms with van der Waals surface area (Å²) >= 11 is 5.90. The summed E-state index contributed by atoms with van der Waals surface area (Å²) in [4.78, 5) is 14.2. The fourth-order valence-corrected chi connectivity index (χ4v) is 2.49. The quantitative estimate of drug-likeness (QED) is 0.831. The van der Waals surface area contributed by atoms with E-state index in [0.717, 1.165) is 13.1 Å². The van der Waals surface area contributed by atoms with Gasteiger partial charge in [-0.1, -0.05) is 17.7 Å². The van der Waals surface area contributed by atoms with Gasteiger partial charge in [0.1, 0.15) is 0 Å². The number of benzene rings is 1. The summed E-state index contributed by atoms with van der Waals surface area (Å²) in [6.07, 6.45) is 0. The number of carbonyl (C=O) groups excluding carboxylic acids is 1. The highest BCUT2D eigenvalue weighted by molar-refractivity contribution is 6.30. The molecule has 1 aromatic rings. The Hall–Kier alpha value is -1.06. The smallest absolute Gasteiger partial charge is 0.254 e. The predicted octanol–water partition coefficient (Wildman–Crippen LogP) is 2.16. The van der Waals surface area contributed by atoms with E-state index in [2.05, 4.69) is 19.2 Å². The molecule has 1 aliphatic heterocycles. The van der Waals surface area contributed by atoms with Gasteiger partial charge in [-0.2, -0.15) is 0 Å². The molecule has 0 aromatic heterocycles. The average Bonchev–Trinajstić information content (AvgIpc) is 2.26. The number of halogens is 1. The third-order valence-electron chi connectivity index (χ3n) is 2.92. The van der Waals surface area contributed by atoms with Crippen LogP contribution in [0.15, 0.2) is 24.3 Å². The molecule has 1 N–H and O–H groups in total. The molecule has 1 aromatic carbocycles. The monoisotopic (exact) mass is 252 g/mol. The summed E-state index contributed by atoms with van der Waals surface area (Å²) in [5.41, 5.74) is 0.666. The van der Waals surface area contributed by atoms with Crippen molar-refractivity contribution in [1.29, 1.82) is 0 Å². The van der Waals surface area contributed by atoms with Crippen LogP contribution in [0.2, 0.25) is 5.02 Å². The van der Waals surface area contributed by atoms with E-state index < -0.39 is 0 Å². The first-order valence-corrected chi connectivity index (χ1v) is 6.25. The molecule has 0 radical (unpaired) electrons. The van der Waals surface area contributed by atoms with Crippen molar-refractivity contribution >= 4 is 17.5 Å². The first kappa shape index (κ1) is 12.4. The second-order valence-electron chi connectivity index (χ2n) is 4.69. The predicted molar refractivity (Wildman–Crippen MR) is 69.4 cm³/mol. The van der Waals surface area contributed by atoms with Crippen molar-refractivity contribution in [2.45, 2.75) is 25.9 Å². The van der Waals surface area contributed by atoms with Crippen LogP contribution >= 0.6 is 11.6 Å². The Morgan fingerprint density at radius 3 is 2.59 bits per heavy atom. The van der Waals surface area contributed by atoms with Gasteiger partial charge in [0.05, 0.1) is 0 Å². The lowest BCUT2D eigenvalue weighted by atomic mass is 10.1. The van der Waals surface area contributed by atoms with Crippen molar-refractivity contribution in [2.75, 3.05) is 13.1 Å². The Morgan fingerprint density at radius 2 is 2.00 bits per heavy atom. The molecule has 4 heteroatoms. The van der Waals surface area contributed by atoms with Gasteiger partial charge in [0.25, 0.3) is 5.91 Å². The summed E-state index contributed by atoms with van der Waals surface area (Å²) in [6.45, 7) is 5.67. The normalized spacial score (nSPS) is 24.8. The first-order valence-electron chi connectivity index (χ1n) is 5.87. The first-order chi connectivity index (χ1) is 8.06. The molecule has 92 valence electrons. The molecule has 2 rings (SSSR count). The number of piperazine rings is 1. The highest BCUT2D eigenvalue weighted by atomic mass is 35.5. The molecule has 1 heterocycles. The lowest BCUT2D eigenvalue weighted by Crippen LogP contribution is -2.55. The minimum Gasteiger partial charge on any atom is -0.336 e. The number of nitrogens with zero attached hydrogens (tertiary/aromatic N) is 1. The van der Waals surface area contributed by atoms with E-state index in [1.54, 1.807) is 12.1 Å². The van der Waals surface area contributed by atoms with Crippen molar-refractivity contribution in [1.82, 2.24) is 10.2 Å². The second kappa shape index (κ2) is 5.07. The molecule has 2 atom stereocenters. The van der Waals surface area contributed by atoms with Crippen molar-refractivity contribution in [2.24, 2.45) is 0 Å². The summed E-state index contributed by atoms with van der Waals surface area (Å²) in [7, 11) is 0. The van der Waals surface area contributed by atoms with Gasteiger partial charge in [0, 0.05) is 35.8 Å². The fourth-order valence-electron chi connectivity index (χ4n) is 2.30. The molecule has 0 bridgehead atoms. The van der Waals surface area contributed by atoms with Crippen LogP contribution in [0.3, 0.4) is 0 Å². The van der Waals surface area contributed by atoms with Gasteiger partial charge in [0.2, 0.25) is 0 Å². The summed E-state index contributed by atoms with van der Waals surface area (Å²) < 4.78 is 0. The molecule has 1 saturated heterocycles. The van der Waals surface area contributed by atoms with Gasteiger partial charge in [0.15, 0.2) is 0 Å². The summed E-state index contributed by atoms with van der Waals surface area (Å²) in [5.74, 6) is 0.0627. The third-order valence-corrected chi connectivity index (χ3v) is 3.15. The molecule has 1 fully saturated rings. The van der Waals surface area contributed by atoms with E-state index in [-0.39, 0.29) is 5.91 Å². The van der Waals surface area contributed by atoms with E-state index in [0.29, 0.717) is 22.7 Å². The van der Waals surface area contributed by atoms with Crippen LogP contribution in [0, 0.1) is 0 Å². The largest absolute Gasteiger partial charge is 0.336 e. The fraction of sp³-hybridized carbons (Fsp3) is 0.462. The van der Waals surface area contributed by atoms with E-state index >= 15 is 0 Å². The minimum absolute atomic E-state index is 0.0627. The van der Waals surface area contributed by atoms with Crippen LogP contribution in [0.4, 0.5) is 0 Å². The number of nitrogens with one attached hydrogen (secondary N) is 1. The minimum atomic E-state index is 0.0627. The Bertz CT molecular complexity index is 412. The van der Waals surface area contributed by atoms with Crippen LogP contribution in [0.5, 0.6) is 0 Å². The average molecular weight is 253 g/mol. The molecule has 17 heavy (non-hydrogen) atoms. The van der Waals surface area contributed by atoms with Gasteiger partial charge in [-0.15, -0.1) is 0 Å². The van der Waals surface area contributed by atoms with Crippen LogP contribution in [0.1, 0.15) is 24.2 Å². The molecule has 3 nitrogen and oxygen atoms in total. The van der Waals surface area contributed by atoms with E-state index in [4.69, 9.17) is 11.6 Å². The van der Waals surface area contributed by atoms with Crippen LogP contribution in [-0.4, -0.2) is 36.0 Å². The van der Waals surface area contributed by atoms with Crippen LogP contribution in [-0.2, 0) is 0 Å². The zero-order valence-corrected chi connectivity index (χ0v) is 10.9. The summed E-state index contributed by atoms with van der Waals surface area (Å²) in [6, 6.07) is 7.79. The standard InChI is InChI=1S/C13H17ClN2O/c1-9-7-16(8-10(2)15-9)13(17)11-4-3-5-12(14)6-11/h3-6,9-10,15H,7-8H2,1-2H3. The zero-order chi connectivity index (χ0) is 12.4. The van der Waals surface area contributed by atoms with Crippen molar-refractivity contribution < 1.29 is 4.79 Å². The molecule has 0 spiro atoms. The number of rotatable bonds is 1. The Labute approximate surface area is 107 Å². The third kappa shape index (κ3) is 2.99. The topological polar surface area (TPSA) is 32.3 Å². The Kier molecular flexibility index (Phi) is 3.69. The van der Waals surface area contributed by atoms with Gasteiger partial charge in [-0.3, -0.25) is 4.79 Å². The highest BCUT2D eigenvalue weighted by Gasteiger charge is 2.25. The van der Waals surface area contributed by atoms with Crippen molar-refractivity contribution in [3.8, 4) is 0 Å². The molecular weight excluding hydrogens is 236 g/mol.